The molecule has 1 saturated heterocycles. The number of fused-ring (bicyclic) bond motifs is 1. The van der Waals surface area contributed by atoms with Gasteiger partial charge in [0.1, 0.15) is 6.61 Å². The van der Waals surface area contributed by atoms with E-state index in [1.807, 2.05) is 6.92 Å². The first-order valence-electron chi connectivity index (χ1n) is 7.32. The van der Waals surface area contributed by atoms with Crippen LogP contribution in [0.3, 0.4) is 0 Å². The quantitative estimate of drug-likeness (QED) is 0.903. The number of benzene rings is 1. The summed E-state index contributed by atoms with van der Waals surface area (Å²) in [5.41, 5.74) is 2.60. The van der Waals surface area contributed by atoms with Crippen molar-refractivity contribution in [2.75, 3.05) is 19.7 Å². The van der Waals surface area contributed by atoms with Crippen molar-refractivity contribution in [1.29, 1.82) is 0 Å². The fourth-order valence-corrected chi connectivity index (χ4v) is 3.82. The smallest absolute Gasteiger partial charge is 0.329 e. The van der Waals surface area contributed by atoms with E-state index >= 15 is 0 Å². The molecule has 114 valence electrons. The van der Waals surface area contributed by atoms with Gasteiger partial charge in [-0.2, -0.15) is 0 Å². The van der Waals surface area contributed by atoms with Gasteiger partial charge < -0.3 is 9.84 Å². The molecule has 21 heavy (non-hydrogen) atoms. The van der Waals surface area contributed by atoms with E-state index in [1.165, 1.54) is 17.5 Å². The molecule has 5 heteroatoms. The molecule has 2 aliphatic rings. The van der Waals surface area contributed by atoms with Crippen molar-refractivity contribution in [3.63, 3.8) is 0 Å². The maximum atomic E-state index is 10.6. The lowest BCUT2D eigenvalue weighted by Crippen LogP contribution is -2.65. The number of carboxylic acids is 1. The Morgan fingerprint density at radius 2 is 2.24 bits per heavy atom. The fourth-order valence-electron chi connectivity index (χ4n) is 3.41. The van der Waals surface area contributed by atoms with Crippen molar-refractivity contribution in [2.24, 2.45) is 0 Å². The van der Waals surface area contributed by atoms with Crippen molar-refractivity contribution in [2.45, 2.75) is 37.8 Å². The van der Waals surface area contributed by atoms with Crippen molar-refractivity contribution >= 4 is 21.9 Å². The van der Waals surface area contributed by atoms with Crippen LogP contribution in [0.1, 0.15) is 24.5 Å². The van der Waals surface area contributed by atoms with E-state index in [-0.39, 0.29) is 12.2 Å². The Bertz CT molecular complexity index is 554. The minimum absolute atomic E-state index is 0.203. The molecule has 1 N–H and O–H groups in total. The molecule has 4 nitrogen and oxygen atoms in total. The van der Waals surface area contributed by atoms with Crippen LogP contribution in [-0.4, -0.2) is 47.3 Å². The number of nitrogens with zero attached hydrogens (tertiary/aromatic N) is 1. The predicted molar refractivity (Wildman–Crippen MR) is 83.5 cm³/mol. The lowest BCUT2D eigenvalue weighted by atomic mass is 9.84. The third kappa shape index (κ3) is 3.30. The number of likely N-dealkylation sites (tertiary alicyclic amines) is 1. The highest BCUT2D eigenvalue weighted by atomic mass is 79.9. The molecule has 1 heterocycles. The number of hydrogen-bond acceptors (Lipinski definition) is 3. The number of carbonyl (C=O) groups is 1. The maximum absolute atomic E-state index is 10.6. The highest BCUT2D eigenvalue weighted by molar-refractivity contribution is 9.10. The average molecular weight is 354 g/mol. The van der Waals surface area contributed by atoms with Crippen molar-refractivity contribution in [3.8, 4) is 0 Å². The molecular weight excluding hydrogens is 334 g/mol. The summed E-state index contributed by atoms with van der Waals surface area (Å²) in [6.07, 6.45) is 3.36. The molecule has 0 bridgehead atoms. The molecule has 0 spiro atoms. The summed E-state index contributed by atoms with van der Waals surface area (Å²) >= 11 is 3.53. The Balaban J connectivity index is 1.56. The Morgan fingerprint density at radius 3 is 2.95 bits per heavy atom. The van der Waals surface area contributed by atoms with Crippen LogP contribution in [0, 0.1) is 0 Å². The van der Waals surface area contributed by atoms with Crippen molar-refractivity contribution in [1.82, 2.24) is 4.90 Å². The van der Waals surface area contributed by atoms with Crippen molar-refractivity contribution in [3.05, 3.63) is 33.8 Å². The molecule has 1 atom stereocenters. The second-order valence-electron chi connectivity index (χ2n) is 6.35. The lowest BCUT2D eigenvalue weighted by Gasteiger charge is -2.51. The van der Waals surface area contributed by atoms with Crippen LogP contribution in [0.25, 0.3) is 0 Å². The van der Waals surface area contributed by atoms with Crippen LogP contribution < -0.4 is 0 Å². The normalized spacial score (nSPS) is 24.2. The van der Waals surface area contributed by atoms with Gasteiger partial charge in [0.15, 0.2) is 0 Å². The summed E-state index contributed by atoms with van der Waals surface area (Å²) in [7, 11) is 0. The van der Waals surface area contributed by atoms with Gasteiger partial charge in [-0.05, 0) is 49.4 Å². The molecule has 1 aliphatic carbocycles. The summed E-state index contributed by atoms with van der Waals surface area (Å²) in [6.45, 7) is 3.46. The highest BCUT2D eigenvalue weighted by Crippen LogP contribution is 2.33. The molecule has 1 aliphatic heterocycles. The average Bonchev–Trinajstić information content (AvgIpc) is 2.41. The molecule has 1 aromatic rings. The first-order valence-corrected chi connectivity index (χ1v) is 8.12. The Labute approximate surface area is 133 Å². The third-order valence-corrected chi connectivity index (χ3v) is 5.00. The third-order valence-electron chi connectivity index (χ3n) is 4.51. The molecule has 1 unspecified atom stereocenters. The van der Waals surface area contributed by atoms with Gasteiger partial charge in [0.25, 0.3) is 0 Å². The molecule has 0 aromatic heterocycles. The van der Waals surface area contributed by atoms with Crippen LogP contribution in [0.15, 0.2) is 22.7 Å². The summed E-state index contributed by atoms with van der Waals surface area (Å²) in [5, 5.41) is 8.70. The first-order chi connectivity index (χ1) is 9.95. The zero-order valence-corrected chi connectivity index (χ0v) is 13.7. The number of halogens is 1. The second kappa shape index (κ2) is 5.71. The summed E-state index contributed by atoms with van der Waals surface area (Å²) in [6, 6.07) is 7.10. The SMILES string of the molecule is CC1(OCC(=O)O)CN(C2CCc3cc(Br)ccc3C2)C1. The Morgan fingerprint density at radius 1 is 1.48 bits per heavy atom. The fraction of sp³-hybridized carbons (Fsp3) is 0.562. The van der Waals surface area contributed by atoms with E-state index in [1.54, 1.807) is 0 Å². The molecule has 0 amide bonds. The molecule has 3 rings (SSSR count). The number of carboxylic acid groups (broad SMARTS) is 1. The zero-order valence-electron chi connectivity index (χ0n) is 12.1. The van der Waals surface area contributed by atoms with E-state index in [0.29, 0.717) is 6.04 Å². The standard InChI is InChI=1S/C16H20BrNO3/c1-16(21-8-15(19)20)9-18(10-16)14-5-3-11-6-13(17)4-2-12(11)7-14/h2,4,6,14H,3,5,7-10H2,1H3,(H,19,20). The van der Waals surface area contributed by atoms with Crippen LogP contribution >= 0.6 is 15.9 Å². The lowest BCUT2D eigenvalue weighted by molar-refractivity contribution is -0.170. The van der Waals surface area contributed by atoms with Crippen LogP contribution in [0.4, 0.5) is 0 Å². The number of aryl methyl sites for hydroxylation is 1. The molecule has 0 saturated carbocycles. The number of aliphatic carboxylic acids is 1. The summed E-state index contributed by atoms with van der Waals surface area (Å²) < 4.78 is 6.64. The summed E-state index contributed by atoms with van der Waals surface area (Å²) in [5.74, 6) is -0.896. The van der Waals surface area contributed by atoms with Gasteiger partial charge in [0.2, 0.25) is 0 Å². The van der Waals surface area contributed by atoms with Gasteiger partial charge in [-0.25, -0.2) is 4.79 Å². The van der Waals surface area contributed by atoms with Gasteiger partial charge in [0.05, 0.1) is 5.60 Å². The van der Waals surface area contributed by atoms with E-state index in [4.69, 9.17) is 9.84 Å². The van der Waals surface area contributed by atoms with Gasteiger partial charge in [-0.1, -0.05) is 22.0 Å². The van der Waals surface area contributed by atoms with Gasteiger partial charge in [0, 0.05) is 23.6 Å². The van der Waals surface area contributed by atoms with E-state index < -0.39 is 5.97 Å². The second-order valence-corrected chi connectivity index (χ2v) is 7.26. The van der Waals surface area contributed by atoms with Gasteiger partial charge in [-0.3, -0.25) is 4.90 Å². The predicted octanol–water partition coefficient (Wildman–Crippen LogP) is 2.48. The maximum Gasteiger partial charge on any atom is 0.329 e. The Hall–Kier alpha value is -0.910. The van der Waals surface area contributed by atoms with E-state index in [2.05, 4.69) is 39.0 Å². The topological polar surface area (TPSA) is 49.8 Å². The van der Waals surface area contributed by atoms with E-state index in [0.717, 1.165) is 30.4 Å². The van der Waals surface area contributed by atoms with E-state index in [9.17, 15) is 4.79 Å². The first kappa shape index (κ1) is 15.0. The molecular formula is C16H20BrNO3. The van der Waals surface area contributed by atoms with Crippen LogP contribution in [0.5, 0.6) is 0 Å². The summed E-state index contributed by atoms with van der Waals surface area (Å²) in [4.78, 5) is 13.0. The molecule has 0 radical (unpaired) electrons. The number of ether oxygens (including phenoxy) is 1. The Kier molecular flexibility index (Phi) is 4.08. The molecule has 1 aromatic carbocycles. The number of rotatable bonds is 4. The van der Waals surface area contributed by atoms with Crippen LogP contribution in [-0.2, 0) is 22.4 Å². The highest BCUT2D eigenvalue weighted by Gasteiger charge is 2.43. The van der Waals surface area contributed by atoms with Gasteiger partial charge in [-0.15, -0.1) is 0 Å². The monoisotopic (exact) mass is 353 g/mol. The van der Waals surface area contributed by atoms with Gasteiger partial charge >= 0.3 is 5.97 Å². The van der Waals surface area contributed by atoms with Crippen molar-refractivity contribution < 1.29 is 14.6 Å². The number of hydrogen-bond donors (Lipinski definition) is 1. The van der Waals surface area contributed by atoms with Crippen LogP contribution in [0.2, 0.25) is 0 Å². The largest absolute Gasteiger partial charge is 0.480 e. The molecule has 1 fully saturated rings. The zero-order chi connectivity index (χ0) is 15.0. The minimum Gasteiger partial charge on any atom is -0.480 e. The minimum atomic E-state index is -0.896.